The Kier molecular flexibility index (Phi) is 5.42. The number of carbonyl (C=O) groups is 2. The van der Waals surface area contributed by atoms with Crippen molar-refractivity contribution < 1.29 is 23.5 Å². The van der Waals surface area contributed by atoms with Crippen LogP contribution in [-0.4, -0.2) is 25.2 Å². The Morgan fingerprint density at radius 1 is 1.11 bits per heavy atom. The predicted molar refractivity (Wildman–Crippen MR) is 64.1 cm³/mol. The molecule has 100 valence electrons. The Labute approximate surface area is 106 Å². The van der Waals surface area contributed by atoms with E-state index in [4.69, 9.17) is 13.9 Å². The summed E-state index contributed by atoms with van der Waals surface area (Å²) in [4.78, 5) is 22.9. The molecule has 18 heavy (non-hydrogen) atoms. The van der Waals surface area contributed by atoms with E-state index < -0.39 is 0 Å². The minimum atomic E-state index is -0.330. The molecule has 5 heteroatoms. The van der Waals surface area contributed by atoms with Crippen LogP contribution in [0.5, 0.6) is 0 Å². The average molecular weight is 254 g/mol. The smallest absolute Gasteiger partial charge is 0.310 e. The van der Waals surface area contributed by atoms with Gasteiger partial charge in [0, 0.05) is 11.1 Å². The van der Waals surface area contributed by atoms with E-state index in [0.717, 1.165) is 0 Å². The number of carbonyl (C=O) groups excluding carboxylic acids is 2. The first-order chi connectivity index (χ1) is 8.58. The monoisotopic (exact) mass is 254 g/mol. The molecule has 0 atom stereocenters. The summed E-state index contributed by atoms with van der Waals surface area (Å²) < 4.78 is 15.0. The molecule has 0 fully saturated rings. The maximum Gasteiger partial charge on any atom is 0.310 e. The van der Waals surface area contributed by atoms with Crippen molar-refractivity contribution in [3.05, 3.63) is 23.2 Å². The Balaban J connectivity index is 2.74. The molecular formula is C13H18O5. The van der Waals surface area contributed by atoms with Gasteiger partial charge in [0.2, 0.25) is 0 Å². The third-order valence-corrected chi connectivity index (χ3v) is 2.46. The summed E-state index contributed by atoms with van der Waals surface area (Å²) in [5.41, 5.74) is 1.39. The van der Waals surface area contributed by atoms with Crippen LogP contribution in [-0.2, 0) is 31.9 Å². The molecule has 5 nitrogen and oxygen atoms in total. The molecule has 0 unspecified atom stereocenters. The van der Waals surface area contributed by atoms with Crippen LogP contribution in [0.3, 0.4) is 0 Å². The zero-order valence-corrected chi connectivity index (χ0v) is 10.9. The molecule has 0 saturated heterocycles. The standard InChI is InChI=1S/C13H18O5/c1-4-16-12(14)6-10-8-18-9(3)11(10)7-13(15)17-5-2/h8H,4-7H2,1-3H3. The lowest BCUT2D eigenvalue weighted by molar-refractivity contribution is -0.143. The maximum absolute atomic E-state index is 11.4. The van der Waals surface area contributed by atoms with Crippen molar-refractivity contribution in [2.45, 2.75) is 33.6 Å². The minimum absolute atomic E-state index is 0.111. The molecule has 1 aromatic rings. The topological polar surface area (TPSA) is 65.7 Å². The lowest BCUT2D eigenvalue weighted by atomic mass is 10.1. The quantitative estimate of drug-likeness (QED) is 0.724. The van der Waals surface area contributed by atoms with Gasteiger partial charge in [-0.15, -0.1) is 0 Å². The summed E-state index contributed by atoms with van der Waals surface area (Å²) in [6, 6.07) is 0. The van der Waals surface area contributed by atoms with Crippen LogP contribution in [0.2, 0.25) is 0 Å². The van der Waals surface area contributed by atoms with E-state index in [9.17, 15) is 9.59 Å². The largest absolute Gasteiger partial charge is 0.469 e. The fourth-order valence-corrected chi connectivity index (χ4v) is 1.64. The molecule has 0 aliphatic rings. The molecule has 1 rings (SSSR count). The molecule has 1 aromatic heterocycles. The fraction of sp³-hybridized carbons (Fsp3) is 0.538. The maximum atomic E-state index is 11.4. The number of ether oxygens (including phenoxy) is 2. The van der Waals surface area contributed by atoms with Gasteiger partial charge in [0.1, 0.15) is 5.76 Å². The van der Waals surface area contributed by atoms with E-state index in [0.29, 0.717) is 30.1 Å². The van der Waals surface area contributed by atoms with Crippen molar-refractivity contribution in [2.24, 2.45) is 0 Å². The van der Waals surface area contributed by atoms with Crippen LogP contribution in [0, 0.1) is 6.92 Å². The second kappa shape index (κ2) is 6.83. The van der Waals surface area contributed by atoms with Crippen LogP contribution in [0.4, 0.5) is 0 Å². The van der Waals surface area contributed by atoms with Crippen molar-refractivity contribution >= 4 is 11.9 Å². The molecule has 0 N–H and O–H groups in total. The zero-order valence-electron chi connectivity index (χ0n) is 10.9. The molecule has 0 bridgehead atoms. The van der Waals surface area contributed by atoms with Crippen molar-refractivity contribution in [3.63, 3.8) is 0 Å². The van der Waals surface area contributed by atoms with E-state index in [1.165, 1.54) is 6.26 Å². The summed E-state index contributed by atoms with van der Waals surface area (Å²) in [5, 5.41) is 0. The second-order valence-corrected chi connectivity index (χ2v) is 3.76. The van der Waals surface area contributed by atoms with Gasteiger partial charge in [-0.2, -0.15) is 0 Å². The Bertz CT molecular complexity index is 419. The van der Waals surface area contributed by atoms with Gasteiger partial charge in [0.05, 0.1) is 32.3 Å². The highest BCUT2D eigenvalue weighted by Crippen LogP contribution is 2.18. The summed E-state index contributed by atoms with van der Waals surface area (Å²) in [6.45, 7) is 5.92. The minimum Gasteiger partial charge on any atom is -0.469 e. The van der Waals surface area contributed by atoms with E-state index in [1.54, 1.807) is 20.8 Å². The van der Waals surface area contributed by atoms with Crippen LogP contribution in [0.1, 0.15) is 30.7 Å². The Hall–Kier alpha value is -1.78. The average Bonchev–Trinajstić information content (AvgIpc) is 2.62. The van der Waals surface area contributed by atoms with E-state index >= 15 is 0 Å². The molecule has 1 heterocycles. The molecule has 0 aromatic carbocycles. The fourth-order valence-electron chi connectivity index (χ4n) is 1.64. The van der Waals surface area contributed by atoms with Crippen LogP contribution < -0.4 is 0 Å². The number of aryl methyl sites for hydroxylation is 1. The van der Waals surface area contributed by atoms with E-state index in [2.05, 4.69) is 0 Å². The van der Waals surface area contributed by atoms with Crippen LogP contribution >= 0.6 is 0 Å². The lowest BCUT2D eigenvalue weighted by Gasteiger charge is -2.04. The Morgan fingerprint density at radius 2 is 1.67 bits per heavy atom. The highest BCUT2D eigenvalue weighted by molar-refractivity contribution is 5.76. The van der Waals surface area contributed by atoms with E-state index in [1.807, 2.05) is 0 Å². The summed E-state index contributed by atoms with van der Waals surface area (Å²) in [6.07, 6.45) is 1.71. The normalized spacial score (nSPS) is 10.2. The van der Waals surface area contributed by atoms with Crippen LogP contribution in [0.25, 0.3) is 0 Å². The van der Waals surface area contributed by atoms with Gasteiger partial charge in [-0.1, -0.05) is 0 Å². The number of hydrogen-bond acceptors (Lipinski definition) is 5. The molecule has 0 radical (unpaired) electrons. The van der Waals surface area contributed by atoms with Gasteiger partial charge in [0.25, 0.3) is 0 Å². The summed E-state index contributed by atoms with van der Waals surface area (Å²) in [5.74, 6) is -0.0298. The van der Waals surface area contributed by atoms with Crippen molar-refractivity contribution in [3.8, 4) is 0 Å². The number of hydrogen-bond donors (Lipinski definition) is 0. The van der Waals surface area contributed by atoms with Gasteiger partial charge in [-0.3, -0.25) is 9.59 Å². The molecule has 0 saturated carbocycles. The number of furan rings is 1. The highest BCUT2D eigenvalue weighted by atomic mass is 16.5. The first-order valence-electron chi connectivity index (χ1n) is 5.95. The van der Waals surface area contributed by atoms with Gasteiger partial charge in [-0.05, 0) is 20.8 Å². The molecule has 0 spiro atoms. The predicted octanol–water partition coefficient (Wildman–Crippen LogP) is 1.80. The van der Waals surface area contributed by atoms with Gasteiger partial charge >= 0.3 is 11.9 Å². The van der Waals surface area contributed by atoms with Gasteiger partial charge in [-0.25, -0.2) is 0 Å². The van der Waals surface area contributed by atoms with Crippen molar-refractivity contribution in [1.29, 1.82) is 0 Å². The van der Waals surface area contributed by atoms with Gasteiger partial charge in [0.15, 0.2) is 0 Å². The molecule has 0 aliphatic heterocycles. The van der Waals surface area contributed by atoms with Crippen molar-refractivity contribution in [1.82, 2.24) is 0 Å². The highest BCUT2D eigenvalue weighted by Gasteiger charge is 2.17. The lowest BCUT2D eigenvalue weighted by Crippen LogP contribution is -2.12. The molecule has 0 amide bonds. The third-order valence-electron chi connectivity index (χ3n) is 2.46. The summed E-state index contributed by atoms with van der Waals surface area (Å²) in [7, 11) is 0. The zero-order chi connectivity index (χ0) is 13.5. The summed E-state index contributed by atoms with van der Waals surface area (Å²) >= 11 is 0. The second-order valence-electron chi connectivity index (χ2n) is 3.76. The number of esters is 2. The van der Waals surface area contributed by atoms with Crippen molar-refractivity contribution in [2.75, 3.05) is 13.2 Å². The van der Waals surface area contributed by atoms with E-state index in [-0.39, 0.29) is 24.8 Å². The third kappa shape index (κ3) is 3.91. The molecular weight excluding hydrogens is 236 g/mol. The first-order valence-corrected chi connectivity index (χ1v) is 5.95. The van der Waals surface area contributed by atoms with Crippen LogP contribution in [0.15, 0.2) is 10.7 Å². The SMILES string of the molecule is CCOC(=O)Cc1coc(C)c1CC(=O)OCC. The Morgan fingerprint density at radius 3 is 2.22 bits per heavy atom. The first kappa shape index (κ1) is 14.3. The van der Waals surface area contributed by atoms with Gasteiger partial charge < -0.3 is 13.9 Å². The number of rotatable bonds is 6. The molecule has 0 aliphatic carbocycles.